The number of ether oxygens (including phenoxy) is 1. The second-order valence-electron chi connectivity index (χ2n) is 3.67. The van der Waals surface area contributed by atoms with E-state index in [-0.39, 0.29) is 5.97 Å². The maximum absolute atomic E-state index is 11.5. The Morgan fingerprint density at radius 2 is 2.40 bits per heavy atom. The van der Waals surface area contributed by atoms with Crippen molar-refractivity contribution in [1.82, 2.24) is 4.90 Å². The Bertz CT molecular complexity index is 257. The number of methoxy groups -OCH3 is 1. The van der Waals surface area contributed by atoms with Crippen LogP contribution < -0.4 is 0 Å². The Morgan fingerprint density at radius 3 is 2.93 bits per heavy atom. The van der Waals surface area contributed by atoms with Gasteiger partial charge in [-0.2, -0.15) is 0 Å². The SMILES string of the molecule is C=C(Br)CN1CCC[C@H](O)[C@H]1C(=O)OC. The normalized spacial score (nSPS) is 27.4. The molecule has 1 N–H and O–H groups in total. The van der Waals surface area contributed by atoms with Gasteiger partial charge in [-0.05, 0) is 19.4 Å². The molecule has 5 heteroatoms. The van der Waals surface area contributed by atoms with Crippen molar-refractivity contribution in [2.24, 2.45) is 0 Å². The quantitative estimate of drug-likeness (QED) is 0.779. The molecule has 1 aliphatic rings. The molecule has 0 aliphatic carbocycles. The molecule has 1 heterocycles. The van der Waals surface area contributed by atoms with Gasteiger partial charge in [0.25, 0.3) is 0 Å². The van der Waals surface area contributed by atoms with E-state index < -0.39 is 12.1 Å². The molecule has 0 saturated carbocycles. The summed E-state index contributed by atoms with van der Waals surface area (Å²) in [6.45, 7) is 5.07. The van der Waals surface area contributed by atoms with Crippen molar-refractivity contribution in [1.29, 1.82) is 0 Å². The van der Waals surface area contributed by atoms with Gasteiger partial charge in [-0.15, -0.1) is 0 Å². The third kappa shape index (κ3) is 3.29. The first-order chi connectivity index (χ1) is 7.06. The van der Waals surface area contributed by atoms with Crippen LogP contribution in [0.4, 0.5) is 0 Å². The summed E-state index contributed by atoms with van der Waals surface area (Å²) in [4.78, 5) is 13.4. The molecule has 1 rings (SSSR count). The van der Waals surface area contributed by atoms with E-state index in [1.165, 1.54) is 7.11 Å². The summed E-state index contributed by atoms with van der Waals surface area (Å²) in [6.07, 6.45) is 0.887. The van der Waals surface area contributed by atoms with E-state index in [1.54, 1.807) is 0 Å². The van der Waals surface area contributed by atoms with E-state index in [1.807, 2.05) is 4.90 Å². The number of nitrogens with zero attached hydrogens (tertiary/aromatic N) is 1. The highest BCUT2D eigenvalue weighted by molar-refractivity contribution is 9.11. The molecule has 0 amide bonds. The van der Waals surface area contributed by atoms with Gasteiger partial charge in [0.1, 0.15) is 6.04 Å². The van der Waals surface area contributed by atoms with Crippen molar-refractivity contribution in [3.05, 3.63) is 11.1 Å². The Balaban J connectivity index is 2.72. The fourth-order valence-electron chi connectivity index (χ4n) is 1.87. The number of rotatable bonds is 3. The number of piperidine rings is 1. The van der Waals surface area contributed by atoms with Gasteiger partial charge in [-0.25, -0.2) is 0 Å². The molecule has 15 heavy (non-hydrogen) atoms. The number of halogens is 1. The molecule has 2 atom stereocenters. The monoisotopic (exact) mass is 277 g/mol. The molecular formula is C10H16BrNO3. The number of esters is 1. The Labute approximate surface area is 98.0 Å². The van der Waals surface area contributed by atoms with Gasteiger partial charge < -0.3 is 9.84 Å². The number of carbonyl (C=O) groups excluding carboxylic acids is 1. The zero-order valence-corrected chi connectivity index (χ0v) is 10.4. The molecule has 0 aromatic carbocycles. The van der Waals surface area contributed by atoms with Gasteiger partial charge in [0, 0.05) is 11.0 Å². The van der Waals surface area contributed by atoms with Crippen molar-refractivity contribution in [2.75, 3.05) is 20.2 Å². The van der Waals surface area contributed by atoms with Gasteiger partial charge in [0.05, 0.1) is 13.2 Å². The highest BCUT2D eigenvalue weighted by Gasteiger charge is 2.36. The lowest BCUT2D eigenvalue weighted by atomic mass is 9.99. The molecule has 86 valence electrons. The summed E-state index contributed by atoms with van der Waals surface area (Å²) in [6, 6.07) is -0.557. The number of hydrogen-bond donors (Lipinski definition) is 1. The zero-order valence-electron chi connectivity index (χ0n) is 8.78. The maximum Gasteiger partial charge on any atom is 0.325 e. The number of carbonyl (C=O) groups is 1. The fraction of sp³-hybridized carbons (Fsp3) is 0.700. The van der Waals surface area contributed by atoms with E-state index in [9.17, 15) is 9.90 Å². The van der Waals surface area contributed by atoms with Crippen LogP contribution in [0.5, 0.6) is 0 Å². The van der Waals surface area contributed by atoms with E-state index in [2.05, 4.69) is 27.2 Å². The lowest BCUT2D eigenvalue weighted by Crippen LogP contribution is -2.53. The minimum atomic E-state index is -0.641. The minimum Gasteiger partial charge on any atom is -0.468 e. The molecule has 0 bridgehead atoms. The van der Waals surface area contributed by atoms with Crippen LogP contribution in [0.2, 0.25) is 0 Å². The van der Waals surface area contributed by atoms with E-state index in [0.717, 1.165) is 17.4 Å². The molecule has 0 radical (unpaired) electrons. The first kappa shape index (κ1) is 12.7. The van der Waals surface area contributed by atoms with Crippen LogP contribution in [0.1, 0.15) is 12.8 Å². The topological polar surface area (TPSA) is 49.8 Å². The van der Waals surface area contributed by atoms with Crippen LogP contribution in [0.3, 0.4) is 0 Å². The molecular weight excluding hydrogens is 262 g/mol. The van der Waals surface area contributed by atoms with Crippen molar-refractivity contribution in [2.45, 2.75) is 25.0 Å². The molecule has 1 aliphatic heterocycles. The van der Waals surface area contributed by atoms with E-state index in [4.69, 9.17) is 0 Å². The number of likely N-dealkylation sites (tertiary alicyclic amines) is 1. The summed E-state index contributed by atoms with van der Waals surface area (Å²) < 4.78 is 5.48. The number of aliphatic hydroxyl groups is 1. The van der Waals surface area contributed by atoms with Crippen LogP contribution in [-0.2, 0) is 9.53 Å². The number of aliphatic hydroxyl groups excluding tert-OH is 1. The second-order valence-corrected chi connectivity index (χ2v) is 4.79. The van der Waals surface area contributed by atoms with Crippen molar-refractivity contribution in [3.8, 4) is 0 Å². The van der Waals surface area contributed by atoms with Gasteiger partial charge in [-0.3, -0.25) is 9.69 Å². The molecule has 0 unspecified atom stereocenters. The van der Waals surface area contributed by atoms with Crippen molar-refractivity contribution < 1.29 is 14.6 Å². The fourth-order valence-corrected chi connectivity index (χ4v) is 2.19. The van der Waals surface area contributed by atoms with E-state index >= 15 is 0 Å². The molecule has 1 saturated heterocycles. The molecule has 1 fully saturated rings. The van der Waals surface area contributed by atoms with Crippen LogP contribution in [0.25, 0.3) is 0 Å². The van der Waals surface area contributed by atoms with Gasteiger partial charge >= 0.3 is 5.97 Å². The average Bonchev–Trinajstić information content (AvgIpc) is 2.16. The van der Waals surface area contributed by atoms with Crippen LogP contribution in [0, 0.1) is 0 Å². The Morgan fingerprint density at radius 1 is 1.73 bits per heavy atom. The maximum atomic E-state index is 11.5. The third-order valence-corrected chi connectivity index (χ3v) is 2.77. The van der Waals surface area contributed by atoms with Crippen molar-refractivity contribution in [3.63, 3.8) is 0 Å². The van der Waals surface area contributed by atoms with Crippen LogP contribution >= 0.6 is 15.9 Å². The smallest absolute Gasteiger partial charge is 0.325 e. The second kappa shape index (κ2) is 5.63. The van der Waals surface area contributed by atoms with Crippen LogP contribution in [-0.4, -0.2) is 48.3 Å². The minimum absolute atomic E-state index is 0.379. The average molecular weight is 278 g/mol. The van der Waals surface area contributed by atoms with E-state index in [0.29, 0.717) is 13.0 Å². The summed E-state index contributed by atoms with van der Waals surface area (Å²) in [5.41, 5.74) is 0. The highest BCUT2D eigenvalue weighted by atomic mass is 79.9. The molecule has 4 nitrogen and oxygen atoms in total. The zero-order chi connectivity index (χ0) is 11.4. The predicted molar refractivity (Wildman–Crippen MR) is 60.7 cm³/mol. The Kier molecular flexibility index (Phi) is 4.76. The largest absolute Gasteiger partial charge is 0.468 e. The highest BCUT2D eigenvalue weighted by Crippen LogP contribution is 2.20. The third-order valence-electron chi connectivity index (χ3n) is 2.52. The van der Waals surface area contributed by atoms with Gasteiger partial charge in [0.15, 0.2) is 0 Å². The Hall–Kier alpha value is -0.390. The van der Waals surface area contributed by atoms with Crippen molar-refractivity contribution >= 4 is 21.9 Å². The molecule has 0 aromatic rings. The summed E-state index contributed by atoms with van der Waals surface area (Å²) >= 11 is 3.26. The van der Waals surface area contributed by atoms with Crippen LogP contribution in [0.15, 0.2) is 11.1 Å². The summed E-state index contributed by atoms with van der Waals surface area (Å²) in [5.74, 6) is -0.379. The summed E-state index contributed by atoms with van der Waals surface area (Å²) in [5, 5.41) is 9.77. The standard InChI is InChI=1S/C10H16BrNO3/c1-7(11)6-12-5-3-4-8(13)9(12)10(14)15-2/h8-9,13H,1,3-6H2,2H3/t8-,9-/m0/s1. The summed E-state index contributed by atoms with van der Waals surface area (Å²) in [7, 11) is 1.34. The first-order valence-electron chi connectivity index (χ1n) is 4.89. The number of hydrogen-bond acceptors (Lipinski definition) is 4. The molecule has 0 spiro atoms. The molecule has 0 aromatic heterocycles. The predicted octanol–water partition coefficient (Wildman–Crippen LogP) is 0.893. The first-order valence-corrected chi connectivity index (χ1v) is 5.68. The van der Waals surface area contributed by atoms with Gasteiger partial charge in [0.2, 0.25) is 0 Å². The lowest BCUT2D eigenvalue weighted by Gasteiger charge is -2.36. The lowest BCUT2D eigenvalue weighted by molar-refractivity contribution is -0.153. The van der Waals surface area contributed by atoms with Gasteiger partial charge in [-0.1, -0.05) is 22.5 Å².